The molecule has 0 unspecified atom stereocenters. The second-order valence-corrected chi connectivity index (χ2v) is 6.59. The summed E-state index contributed by atoms with van der Waals surface area (Å²) in [6.45, 7) is 3.29. The SMILES string of the molecule is O=C(c1cccc(F)c1)N1CCN(Cc2c(Cl)cccc2Cl)CC1. The van der Waals surface area contributed by atoms with Gasteiger partial charge in [0.15, 0.2) is 0 Å². The van der Waals surface area contributed by atoms with Crippen molar-refractivity contribution in [2.75, 3.05) is 26.2 Å². The van der Waals surface area contributed by atoms with Crippen LogP contribution in [0.5, 0.6) is 0 Å². The summed E-state index contributed by atoms with van der Waals surface area (Å²) in [5.74, 6) is -0.530. The molecule has 1 heterocycles. The molecule has 3 rings (SSSR count). The Kier molecular flexibility index (Phi) is 5.39. The number of hydrogen-bond acceptors (Lipinski definition) is 2. The molecule has 0 N–H and O–H groups in total. The highest BCUT2D eigenvalue weighted by Gasteiger charge is 2.23. The molecule has 126 valence electrons. The van der Waals surface area contributed by atoms with Gasteiger partial charge in [0.05, 0.1) is 0 Å². The maximum atomic E-state index is 13.3. The van der Waals surface area contributed by atoms with Crippen molar-refractivity contribution >= 4 is 29.1 Å². The van der Waals surface area contributed by atoms with Crippen molar-refractivity contribution in [1.82, 2.24) is 9.80 Å². The Hall–Kier alpha value is -1.62. The minimum absolute atomic E-state index is 0.134. The summed E-state index contributed by atoms with van der Waals surface area (Å²) < 4.78 is 13.3. The number of carbonyl (C=O) groups is 1. The molecule has 24 heavy (non-hydrogen) atoms. The van der Waals surface area contributed by atoms with Gasteiger partial charge in [-0.25, -0.2) is 4.39 Å². The average Bonchev–Trinajstić information content (AvgIpc) is 2.58. The van der Waals surface area contributed by atoms with Crippen LogP contribution >= 0.6 is 23.2 Å². The van der Waals surface area contributed by atoms with Gasteiger partial charge in [0, 0.05) is 53.9 Å². The predicted octanol–water partition coefficient (Wildman–Crippen LogP) is 4.09. The van der Waals surface area contributed by atoms with E-state index in [1.165, 1.54) is 12.1 Å². The number of carbonyl (C=O) groups excluding carboxylic acids is 1. The molecule has 0 bridgehead atoms. The lowest BCUT2D eigenvalue weighted by atomic mass is 10.1. The molecule has 0 saturated carbocycles. The highest BCUT2D eigenvalue weighted by Crippen LogP contribution is 2.26. The molecule has 1 saturated heterocycles. The monoisotopic (exact) mass is 366 g/mol. The Balaban J connectivity index is 1.61. The summed E-state index contributed by atoms with van der Waals surface area (Å²) in [6, 6.07) is 11.3. The van der Waals surface area contributed by atoms with Crippen LogP contribution in [0.25, 0.3) is 0 Å². The number of benzene rings is 2. The van der Waals surface area contributed by atoms with E-state index in [2.05, 4.69) is 4.90 Å². The summed E-state index contributed by atoms with van der Waals surface area (Å²) in [4.78, 5) is 16.4. The van der Waals surface area contributed by atoms with E-state index in [9.17, 15) is 9.18 Å². The Labute approximate surface area is 150 Å². The van der Waals surface area contributed by atoms with Crippen LogP contribution in [0.4, 0.5) is 4.39 Å². The molecule has 3 nitrogen and oxygen atoms in total. The fraction of sp³-hybridized carbons (Fsp3) is 0.278. The summed E-state index contributed by atoms with van der Waals surface area (Å²) in [7, 11) is 0. The first-order valence-electron chi connectivity index (χ1n) is 7.74. The molecule has 0 aromatic heterocycles. The van der Waals surface area contributed by atoms with Gasteiger partial charge in [-0.05, 0) is 30.3 Å². The molecule has 1 aliphatic heterocycles. The van der Waals surface area contributed by atoms with Gasteiger partial charge in [-0.2, -0.15) is 0 Å². The quantitative estimate of drug-likeness (QED) is 0.816. The number of amides is 1. The van der Waals surface area contributed by atoms with Crippen LogP contribution in [0.1, 0.15) is 15.9 Å². The van der Waals surface area contributed by atoms with Crippen molar-refractivity contribution in [2.24, 2.45) is 0 Å². The van der Waals surface area contributed by atoms with Crippen LogP contribution < -0.4 is 0 Å². The van der Waals surface area contributed by atoms with E-state index in [4.69, 9.17) is 23.2 Å². The van der Waals surface area contributed by atoms with Crippen LogP contribution in [-0.2, 0) is 6.54 Å². The van der Waals surface area contributed by atoms with Gasteiger partial charge >= 0.3 is 0 Å². The molecule has 1 fully saturated rings. The number of hydrogen-bond donors (Lipinski definition) is 0. The zero-order chi connectivity index (χ0) is 17.1. The van der Waals surface area contributed by atoms with Crippen molar-refractivity contribution < 1.29 is 9.18 Å². The van der Waals surface area contributed by atoms with Crippen molar-refractivity contribution in [3.63, 3.8) is 0 Å². The third-order valence-corrected chi connectivity index (χ3v) is 4.88. The second kappa shape index (κ2) is 7.51. The van der Waals surface area contributed by atoms with E-state index >= 15 is 0 Å². The van der Waals surface area contributed by atoms with Crippen molar-refractivity contribution in [3.8, 4) is 0 Å². The summed E-state index contributed by atoms with van der Waals surface area (Å²) in [5, 5.41) is 1.31. The molecule has 2 aromatic rings. The summed E-state index contributed by atoms with van der Waals surface area (Å²) in [5.41, 5.74) is 1.29. The van der Waals surface area contributed by atoms with Crippen molar-refractivity contribution in [1.29, 1.82) is 0 Å². The molecule has 0 radical (unpaired) electrons. The third-order valence-electron chi connectivity index (χ3n) is 4.17. The van der Waals surface area contributed by atoms with Gasteiger partial charge < -0.3 is 4.90 Å². The molecule has 0 atom stereocenters. The first kappa shape index (κ1) is 17.2. The van der Waals surface area contributed by atoms with Crippen molar-refractivity contribution in [3.05, 3.63) is 69.5 Å². The molecule has 1 amide bonds. The van der Waals surface area contributed by atoms with E-state index < -0.39 is 5.82 Å². The van der Waals surface area contributed by atoms with Gasteiger partial charge in [0.1, 0.15) is 5.82 Å². The topological polar surface area (TPSA) is 23.6 Å². The fourth-order valence-corrected chi connectivity index (χ4v) is 3.34. The van der Waals surface area contributed by atoms with Gasteiger partial charge in [0.2, 0.25) is 0 Å². The van der Waals surface area contributed by atoms with Gasteiger partial charge in [-0.15, -0.1) is 0 Å². The maximum absolute atomic E-state index is 13.3. The van der Waals surface area contributed by atoms with Gasteiger partial charge in [-0.3, -0.25) is 9.69 Å². The second-order valence-electron chi connectivity index (χ2n) is 5.78. The number of rotatable bonds is 3. The molecular weight excluding hydrogens is 350 g/mol. The number of nitrogens with zero attached hydrogens (tertiary/aromatic N) is 2. The van der Waals surface area contributed by atoms with Crippen LogP contribution in [0.3, 0.4) is 0 Å². The smallest absolute Gasteiger partial charge is 0.254 e. The largest absolute Gasteiger partial charge is 0.336 e. The van der Waals surface area contributed by atoms with E-state index in [1.54, 1.807) is 17.0 Å². The normalized spacial score (nSPS) is 15.5. The Morgan fingerprint density at radius 2 is 1.62 bits per heavy atom. The van der Waals surface area contributed by atoms with Gasteiger partial charge in [-0.1, -0.05) is 35.3 Å². The van der Waals surface area contributed by atoms with E-state index in [0.717, 1.165) is 18.7 Å². The number of piperazine rings is 1. The minimum Gasteiger partial charge on any atom is -0.336 e. The highest BCUT2D eigenvalue weighted by molar-refractivity contribution is 6.35. The highest BCUT2D eigenvalue weighted by atomic mass is 35.5. The van der Waals surface area contributed by atoms with Crippen LogP contribution in [-0.4, -0.2) is 41.9 Å². The lowest BCUT2D eigenvalue weighted by molar-refractivity contribution is 0.0628. The third kappa shape index (κ3) is 3.89. The molecule has 0 aliphatic carbocycles. The lowest BCUT2D eigenvalue weighted by Gasteiger charge is -2.35. The Morgan fingerprint density at radius 3 is 2.25 bits per heavy atom. The summed E-state index contributed by atoms with van der Waals surface area (Å²) >= 11 is 12.4. The Bertz CT molecular complexity index is 725. The van der Waals surface area contributed by atoms with Gasteiger partial charge in [0.25, 0.3) is 5.91 Å². The van der Waals surface area contributed by atoms with E-state index in [1.807, 2.05) is 18.2 Å². The standard InChI is InChI=1S/C18H17Cl2FN2O/c19-16-5-2-6-17(20)15(16)12-22-7-9-23(10-8-22)18(24)13-3-1-4-14(21)11-13/h1-6,11H,7-10,12H2. The van der Waals surface area contributed by atoms with Crippen LogP contribution in [0.2, 0.25) is 10.0 Å². The molecule has 6 heteroatoms. The lowest BCUT2D eigenvalue weighted by Crippen LogP contribution is -2.48. The molecule has 2 aromatic carbocycles. The molecule has 0 spiro atoms. The van der Waals surface area contributed by atoms with E-state index in [-0.39, 0.29) is 5.91 Å². The zero-order valence-electron chi connectivity index (χ0n) is 13.0. The predicted molar refractivity (Wildman–Crippen MR) is 94.0 cm³/mol. The fourth-order valence-electron chi connectivity index (χ4n) is 2.82. The first-order valence-corrected chi connectivity index (χ1v) is 8.50. The van der Waals surface area contributed by atoms with E-state index in [0.29, 0.717) is 35.2 Å². The van der Waals surface area contributed by atoms with Crippen LogP contribution in [0, 0.1) is 5.82 Å². The maximum Gasteiger partial charge on any atom is 0.254 e. The minimum atomic E-state index is -0.396. The zero-order valence-corrected chi connectivity index (χ0v) is 14.5. The Morgan fingerprint density at radius 1 is 1.00 bits per heavy atom. The van der Waals surface area contributed by atoms with Crippen molar-refractivity contribution in [2.45, 2.75) is 6.54 Å². The average molecular weight is 367 g/mol. The first-order chi connectivity index (χ1) is 11.5. The van der Waals surface area contributed by atoms with Crippen LogP contribution in [0.15, 0.2) is 42.5 Å². The molecule has 1 aliphatic rings. The molecular formula is C18H17Cl2FN2O. The summed E-state index contributed by atoms with van der Waals surface area (Å²) in [6.07, 6.45) is 0. The number of halogens is 3.